The summed E-state index contributed by atoms with van der Waals surface area (Å²) in [5.41, 5.74) is 2.95. The van der Waals surface area contributed by atoms with Crippen LogP contribution in [0.4, 0.5) is 5.82 Å². The van der Waals surface area contributed by atoms with Gasteiger partial charge in [-0.25, -0.2) is 4.98 Å². The van der Waals surface area contributed by atoms with Crippen molar-refractivity contribution in [1.29, 1.82) is 0 Å². The smallest absolute Gasteiger partial charge is 0.236 e. The Labute approximate surface area is 232 Å². The fourth-order valence-corrected chi connectivity index (χ4v) is 6.79. The number of fused-ring (bicyclic) bond motifs is 5. The molecule has 0 saturated carbocycles. The Morgan fingerprint density at radius 1 is 1.23 bits per heavy atom. The predicted molar refractivity (Wildman–Crippen MR) is 148 cm³/mol. The van der Waals surface area contributed by atoms with Gasteiger partial charge in [-0.1, -0.05) is 38.4 Å². The highest BCUT2D eigenvalue weighted by molar-refractivity contribution is 6.35. The molecule has 1 unspecified atom stereocenters. The van der Waals surface area contributed by atoms with Gasteiger partial charge in [0.05, 0.1) is 28.1 Å². The van der Waals surface area contributed by atoms with E-state index in [1.54, 1.807) is 12.4 Å². The maximum absolute atomic E-state index is 13.9. The predicted octanol–water partition coefficient (Wildman–Crippen LogP) is 4.06. The number of carbonyl (C=O) groups excluding carboxylic acids is 3. The lowest BCUT2D eigenvalue weighted by molar-refractivity contribution is -0.143. The summed E-state index contributed by atoms with van der Waals surface area (Å²) in [5.74, 6) is 0.0269. The Morgan fingerprint density at radius 2 is 2.00 bits per heavy atom. The molecule has 1 fully saturated rings. The Hall–Kier alpha value is -3.46. The van der Waals surface area contributed by atoms with Crippen molar-refractivity contribution in [3.63, 3.8) is 0 Å². The lowest BCUT2D eigenvalue weighted by atomic mass is 9.74. The second-order valence-electron chi connectivity index (χ2n) is 12.3. The van der Waals surface area contributed by atoms with Gasteiger partial charge in [-0.05, 0) is 47.9 Å². The van der Waals surface area contributed by atoms with Crippen LogP contribution in [0.2, 0.25) is 5.02 Å². The number of likely N-dealkylation sites (tertiary alicyclic amines) is 1. The van der Waals surface area contributed by atoms with Crippen molar-refractivity contribution >= 4 is 46.0 Å². The number of hydrogen-bond acceptors (Lipinski definition) is 5. The van der Waals surface area contributed by atoms with Crippen LogP contribution in [0.15, 0.2) is 30.6 Å². The third-order valence-electron chi connectivity index (χ3n) is 8.41. The molecule has 1 atom stereocenters. The third kappa shape index (κ3) is 4.46. The number of piperidine rings is 1. The van der Waals surface area contributed by atoms with Gasteiger partial charge in [0, 0.05) is 49.7 Å². The molecule has 0 aliphatic carbocycles. The molecule has 3 aliphatic rings. The zero-order valence-electron chi connectivity index (χ0n) is 22.5. The molecule has 2 N–H and O–H groups in total. The molecule has 0 radical (unpaired) electrons. The molecule has 1 aromatic carbocycles. The first-order chi connectivity index (χ1) is 18.6. The molecular formula is C29H33ClN6O3. The summed E-state index contributed by atoms with van der Waals surface area (Å²) in [6.07, 6.45) is 5.08. The van der Waals surface area contributed by atoms with E-state index in [-0.39, 0.29) is 29.6 Å². The van der Waals surface area contributed by atoms with E-state index in [0.29, 0.717) is 56.3 Å². The van der Waals surface area contributed by atoms with E-state index >= 15 is 0 Å². The summed E-state index contributed by atoms with van der Waals surface area (Å²) < 4.78 is 0. The number of benzene rings is 1. The molecule has 1 saturated heterocycles. The number of halogens is 1. The molecule has 10 heteroatoms. The van der Waals surface area contributed by atoms with Gasteiger partial charge in [-0.15, -0.1) is 0 Å². The second-order valence-corrected chi connectivity index (χ2v) is 12.7. The molecule has 3 aliphatic heterocycles. The Morgan fingerprint density at radius 3 is 2.74 bits per heavy atom. The first-order valence-electron chi connectivity index (χ1n) is 13.5. The molecule has 3 aromatic rings. The van der Waals surface area contributed by atoms with Crippen LogP contribution in [-0.2, 0) is 32.8 Å². The van der Waals surface area contributed by atoms with E-state index in [9.17, 15) is 14.4 Å². The Bertz CT molecular complexity index is 1480. The van der Waals surface area contributed by atoms with Gasteiger partial charge in [0.2, 0.25) is 17.7 Å². The molecular weight excluding hydrogens is 516 g/mol. The van der Waals surface area contributed by atoms with Gasteiger partial charge >= 0.3 is 0 Å². The fourth-order valence-electron chi connectivity index (χ4n) is 6.51. The SMILES string of the molecule is CC(C)(C)CN1Cc2c(cc(Cl)c3[nH]ncc23)CC(CC(=O)N2CCC3(CC2)C(=O)Nc2ncccc23)C1=O. The molecule has 1 spiro atoms. The summed E-state index contributed by atoms with van der Waals surface area (Å²) in [5, 5.41) is 11.6. The minimum Gasteiger partial charge on any atom is -0.343 e. The van der Waals surface area contributed by atoms with Gasteiger partial charge < -0.3 is 15.1 Å². The fraction of sp³-hybridized carbons (Fsp3) is 0.483. The third-order valence-corrected chi connectivity index (χ3v) is 8.71. The highest BCUT2D eigenvalue weighted by atomic mass is 35.5. The van der Waals surface area contributed by atoms with Crippen molar-refractivity contribution < 1.29 is 14.4 Å². The number of rotatable bonds is 3. The largest absolute Gasteiger partial charge is 0.343 e. The van der Waals surface area contributed by atoms with Crippen molar-refractivity contribution in [2.24, 2.45) is 11.3 Å². The summed E-state index contributed by atoms with van der Waals surface area (Å²) in [4.78, 5) is 48.4. The Balaban J connectivity index is 1.23. The van der Waals surface area contributed by atoms with Crippen molar-refractivity contribution in [2.75, 3.05) is 25.0 Å². The highest BCUT2D eigenvalue weighted by Gasteiger charge is 2.49. The number of aromatic amines is 1. The van der Waals surface area contributed by atoms with E-state index in [2.05, 4.69) is 41.3 Å². The molecule has 6 rings (SSSR count). The van der Waals surface area contributed by atoms with Gasteiger partial charge in [-0.2, -0.15) is 5.10 Å². The van der Waals surface area contributed by atoms with E-state index in [0.717, 1.165) is 27.6 Å². The van der Waals surface area contributed by atoms with Crippen LogP contribution in [0.3, 0.4) is 0 Å². The minimum absolute atomic E-state index is 0.00843. The number of anilines is 1. The molecule has 0 bridgehead atoms. The maximum Gasteiger partial charge on any atom is 0.236 e. The average molecular weight is 549 g/mol. The lowest BCUT2D eigenvalue weighted by Crippen LogP contribution is -2.49. The number of pyridine rings is 1. The van der Waals surface area contributed by atoms with Crippen molar-refractivity contribution in [3.8, 4) is 0 Å². The number of aromatic nitrogens is 3. The number of amides is 3. The van der Waals surface area contributed by atoms with Crippen LogP contribution in [0, 0.1) is 11.3 Å². The summed E-state index contributed by atoms with van der Waals surface area (Å²) in [6, 6.07) is 5.71. The van der Waals surface area contributed by atoms with Crippen molar-refractivity contribution in [1.82, 2.24) is 25.0 Å². The molecule has 3 amide bonds. The molecule has 9 nitrogen and oxygen atoms in total. The molecule has 5 heterocycles. The van der Waals surface area contributed by atoms with Crippen LogP contribution in [0.25, 0.3) is 10.9 Å². The summed E-state index contributed by atoms with van der Waals surface area (Å²) in [6.45, 7) is 8.29. The monoisotopic (exact) mass is 548 g/mol. The Kier molecular flexibility index (Phi) is 6.17. The summed E-state index contributed by atoms with van der Waals surface area (Å²) >= 11 is 6.57. The summed E-state index contributed by atoms with van der Waals surface area (Å²) in [7, 11) is 0. The van der Waals surface area contributed by atoms with Gasteiger partial charge in [-0.3, -0.25) is 19.5 Å². The number of carbonyl (C=O) groups is 3. The first-order valence-corrected chi connectivity index (χ1v) is 13.9. The molecule has 39 heavy (non-hydrogen) atoms. The van der Waals surface area contributed by atoms with Crippen molar-refractivity contribution in [2.45, 2.75) is 58.4 Å². The maximum atomic E-state index is 13.9. The van der Waals surface area contributed by atoms with Crippen molar-refractivity contribution in [3.05, 3.63) is 52.3 Å². The van der Waals surface area contributed by atoms with Gasteiger partial charge in [0.1, 0.15) is 5.82 Å². The normalized spacial score (nSPS) is 20.7. The lowest BCUT2D eigenvalue weighted by Gasteiger charge is -2.38. The van der Waals surface area contributed by atoms with Crippen LogP contribution in [0.5, 0.6) is 0 Å². The topological polar surface area (TPSA) is 111 Å². The van der Waals surface area contributed by atoms with Gasteiger partial charge in [0.25, 0.3) is 0 Å². The van der Waals surface area contributed by atoms with E-state index in [4.69, 9.17) is 11.6 Å². The second kappa shape index (κ2) is 9.33. The standard InChI is InChI=1S/C29H33ClN6O3/c1-28(2,3)16-36-15-20-17(12-22(30)24-19(20)14-32-34-24)11-18(26(36)38)13-23(37)35-9-6-29(7-10-35)21-5-4-8-31-25(21)33-27(29)39/h4-5,8,12,14,18H,6-7,9-11,13,15-16H2,1-3H3,(H,32,34)(H,31,33,39). The number of nitrogens with zero attached hydrogens (tertiary/aromatic N) is 4. The average Bonchev–Trinajstić information content (AvgIpc) is 3.45. The zero-order chi connectivity index (χ0) is 27.5. The molecule has 204 valence electrons. The number of hydrogen-bond donors (Lipinski definition) is 2. The van der Waals surface area contributed by atoms with Crippen LogP contribution >= 0.6 is 11.6 Å². The quantitative estimate of drug-likeness (QED) is 0.513. The van der Waals surface area contributed by atoms with E-state index in [1.165, 1.54) is 0 Å². The van der Waals surface area contributed by atoms with Crippen LogP contribution in [-0.4, -0.2) is 62.3 Å². The molecule has 2 aromatic heterocycles. The zero-order valence-corrected chi connectivity index (χ0v) is 23.3. The minimum atomic E-state index is -0.645. The van der Waals surface area contributed by atoms with Crippen LogP contribution in [0.1, 0.15) is 56.7 Å². The van der Waals surface area contributed by atoms with E-state index in [1.807, 2.05) is 28.0 Å². The first kappa shape index (κ1) is 25.8. The number of H-pyrrole nitrogens is 1. The van der Waals surface area contributed by atoms with E-state index < -0.39 is 11.3 Å². The van der Waals surface area contributed by atoms with Crippen LogP contribution < -0.4 is 5.32 Å². The number of nitrogens with one attached hydrogen (secondary N) is 2. The highest BCUT2D eigenvalue weighted by Crippen LogP contribution is 2.44. The van der Waals surface area contributed by atoms with Gasteiger partial charge in [0.15, 0.2) is 0 Å².